The number of nitrogens with two attached hydrogens (primary N) is 11. The van der Waals surface area contributed by atoms with Crippen LogP contribution in [0.2, 0.25) is 0 Å². The van der Waals surface area contributed by atoms with Crippen molar-refractivity contribution in [3.63, 3.8) is 0 Å². The average molecular weight is 2030 g/mol. The van der Waals surface area contributed by atoms with Gasteiger partial charge in [0, 0.05) is 25.8 Å². The van der Waals surface area contributed by atoms with Crippen LogP contribution in [-0.2, 0) is 91.1 Å². The van der Waals surface area contributed by atoms with E-state index in [1.807, 2.05) is 41.5 Å². The summed E-state index contributed by atoms with van der Waals surface area (Å²) in [6.07, 6.45) is 5.60. The van der Waals surface area contributed by atoms with E-state index in [0.717, 1.165) is 0 Å². The molecule has 0 aromatic heterocycles. The summed E-state index contributed by atoms with van der Waals surface area (Å²) in [7, 11) is 0. The van der Waals surface area contributed by atoms with Gasteiger partial charge >= 0.3 is 0 Å². The zero-order valence-electron chi connectivity index (χ0n) is 87.3. The van der Waals surface area contributed by atoms with Crippen LogP contribution >= 0.6 is 0 Å². The Morgan fingerprint density at radius 3 is 0.601 bits per heavy atom. The molecule has 0 heterocycles. The molecule has 143 heavy (non-hydrogen) atoms. The van der Waals surface area contributed by atoms with E-state index in [4.69, 9.17) is 63.2 Å². The highest BCUT2D eigenvalue weighted by Gasteiger charge is 2.40. The molecule has 39 N–H and O–H groups in total. The van der Waals surface area contributed by atoms with Crippen LogP contribution in [0.5, 0.6) is 0 Å². The summed E-state index contributed by atoms with van der Waals surface area (Å²) in [6, 6.07) is -20.2. The monoisotopic (exact) mass is 2030 g/mol. The molecule has 822 valence electrons. The maximum Gasteiger partial charge on any atom is 0.243 e. The molecule has 0 fully saturated rings. The number of unbranched alkanes of at least 4 members (excludes halogenated alkanes) is 9. The van der Waals surface area contributed by atoms with Gasteiger partial charge in [0.25, 0.3) is 0 Å². The SMILES string of the molecule is CC(C)C[C@H](NC(=O)[C@H](CCCCN)NC(=O)[C@H](CCC(N)=O)NC(=O)[C@H](CCC(N)=O)NC(=O)[C@H](CCCCN)NC(=O)[C@H](CCCCN)NC(=O)[C@H](CC(C)C)NC(=O)[C@H](CC(C)C)NC(=O)[C@H](CCCCN)NC(=O)[C@H](CC(C)C)NC(=O)[C@H](CC(C)C)NC(=O)[C@H](CCCCN)NC(=O)[C@H](CCCCN)NC(=O)[C@@H](N)CC(C)C)C(=O)N[C@@H](CCCCN)C(=O)NCC(=O)NCCCCCC(=O)NN. The van der Waals surface area contributed by atoms with Crippen LogP contribution in [0.3, 0.4) is 0 Å². The summed E-state index contributed by atoms with van der Waals surface area (Å²) in [6.45, 7) is 23.2. The Kier molecular flexibility index (Phi) is 71.5. The van der Waals surface area contributed by atoms with E-state index in [2.05, 4.69) is 90.5 Å². The van der Waals surface area contributed by atoms with Crippen molar-refractivity contribution in [3.05, 3.63) is 0 Å². The van der Waals surface area contributed by atoms with Gasteiger partial charge in [0.15, 0.2) is 0 Å². The maximum absolute atomic E-state index is 15.0. The molecule has 0 aliphatic rings. The summed E-state index contributed by atoms with van der Waals surface area (Å²) in [5.41, 5.74) is 60.6. The summed E-state index contributed by atoms with van der Waals surface area (Å²) in [4.78, 5) is 268. The van der Waals surface area contributed by atoms with Gasteiger partial charge in [-0.15, -0.1) is 0 Å². The van der Waals surface area contributed by atoms with Crippen LogP contribution in [-0.4, -0.2) is 262 Å². The highest BCUT2D eigenvalue weighted by molar-refractivity contribution is 6.01. The molecule has 0 bridgehead atoms. The van der Waals surface area contributed by atoms with Crippen molar-refractivity contribution < 1.29 is 91.1 Å². The van der Waals surface area contributed by atoms with Gasteiger partial charge in [-0.05, 0) is 280 Å². The summed E-state index contributed by atoms with van der Waals surface area (Å²) < 4.78 is 0. The van der Waals surface area contributed by atoms with Crippen LogP contribution in [0.1, 0.15) is 308 Å². The second-order valence-electron chi connectivity index (χ2n) is 39.7. The third kappa shape index (κ3) is 60.8. The van der Waals surface area contributed by atoms with Gasteiger partial charge in [0.2, 0.25) is 112 Å². The largest absolute Gasteiger partial charge is 0.370 e. The normalized spacial score (nSPS) is 14.6. The molecular formula is C96H184N28O19. The Bertz CT molecular complexity index is 3850. The molecule has 19 amide bonds. The van der Waals surface area contributed by atoms with Gasteiger partial charge in [0.05, 0.1) is 12.6 Å². The van der Waals surface area contributed by atoms with E-state index in [-0.39, 0.29) is 190 Å². The number of amides is 19. The van der Waals surface area contributed by atoms with Crippen molar-refractivity contribution >= 4 is 112 Å². The van der Waals surface area contributed by atoms with Gasteiger partial charge in [-0.25, -0.2) is 5.84 Å². The molecule has 47 heteroatoms. The summed E-state index contributed by atoms with van der Waals surface area (Å²) in [5.74, 6) is -11.1. The van der Waals surface area contributed by atoms with E-state index in [0.29, 0.717) is 103 Å². The first-order valence-corrected chi connectivity index (χ1v) is 51.7. The second kappa shape index (κ2) is 77.1. The Hall–Kier alpha value is -10.4. The zero-order chi connectivity index (χ0) is 108. The number of hydrazine groups is 1. The topological polar surface area (TPSA) is 815 Å². The van der Waals surface area contributed by atoms with Crippen molar-refractivity contribution in [3.8, 4) is 0 Å². The minimum Gasteiger partial charge on any atom is -0.370 e. The third-order valence-corrected chi connectivity index (χ3v) is 23.4. The third-order valence-electron chi connectivity index (χ3n) is 23.4. The number of hydrogen-bond acceptors (Lipinski definition) is 28. The fourth-order valence-electron chi connectivity index (χ4n) is 15.6. The van der Waals surface area contributed by atoms with E-state index in [1.54, 1.807) is 41.5 Å². The quantitative estimate of drug-likeness (QED) is 0.0122. The number of primary amides is 2. The number of rotatable bonds is 83. The first-order chi connectivity index (χ1) is 67.6. The van der Waals surface area contributed by atoms with Gasteiger partial charge in [-0.1, -0.05) is 89.5 Å². The van der Waals surface area contributed by atoms with Crippen LogP contribution in [0.4, 0.5) is 0 Å². The van der Waals surface area contributed by atoms with Crippen molar-refractivity contribution in [1.29, 1.82) is 0 Å². The smallest absolute Gasteiger partial charge is 0.243 e. The maximum atomic E-state index is 15.0. The second-order valence-corrected chi connectivity index (χ2v) is 39.7. The van der Waals surface area contributed by atoms with E-state index >= 15 is 0 Å². The molecule has 15 atom stereocenters. The van der Waals surface area contributed by atoms with Gasteiger partial charge in [0.1, 0.15) is 84.6 Å². The molecular weight excluding hydrogens is 1850 g/mol. The summed E-state index contributed by atoms with van der Waals surface area (Å²) >= 11 is 0. The molecule has 0 aliphatic carbocycles. The molecule has 0 saturated heterocycles. The molecule has 0 saturated carbocycles. The number of carbonyl (C=O) groups excluding carboxylic acids is 19. The molecule has 0 spiro atoms. The lowest BCUT2D eigenvalue weighted by molar-refractivity contribution is -0.137. The lowest BCUT2D eigenvalue weighted by Gasteiger charge is -2.30. The lowest BCUT2D eigenvalue weighted by Crippen LogP contribution is -2.61. The molecule has 0 aromatic carbocycles. The standard InChI is InChI=1S/C96H184N28O19/c1-57(2)50-63(104)82(129)110-65(31-16-23-43-98)84(131)113-68(34-19-26-46-101)87(134)120-76(54-61(9)10)95(142)123-75(53-60(7)8)94(141)116-70(36-21-28-48-103)89(136)121-77(55-62(11)12)96(143)122-74(52-59(5)6)93(140)115-67(33-18-25-45-100)85(132)112-66(32-17-24-44-99)86(133)117-72(39-41-79(106)126)91(138)118-71(38-40-78(105)125)90(137)114-69(35-20-27-47-102)88(135)119-73(51-58(3)4)92(139)111-64(30-15-22-42-97)83(130)109-56-81(128)108-49-29-13-14-37-80(127)124-107/h57-77H,13-56,97-104,107H2,1-12H3,(H2,105,125)(H2,106,126)(H,108,128)(H,109,130)(H,110,129)(H,111,139)(H,112,132)(H,113,131)(H,114,137)(H,115,140)(H,116,141)(H,117,133)(H,118,138)(H,119,135)(H,120,134)(H,121,136)(H,122,143)(H,123,142)(H,124,127)/t63-,64-,65-,66-,67-,68-,69-,70-,71-,72-,73-,74-,75-,76-,77-/m0/s1. The van der Waals surface area contributed by atoms with Crippen LogP contribution in [0.15, 0.2) is 0 Å². The first-order valence-electron chi connectivity index (χ1n) is 51.7. The molecule has 0 aromatic rings. The van der Waals surface area contributed by atoms with Crippen LogP contribution in [0, 0.1) is 35.5 Å². The number of nitrogens with one attached hydrogen (secondary N) is 17. The van der Waals surface area contributed by atoms with Gasteiger partial charge < -0.3 is 142 Å². The van der Waals surface area contributed by atoms with E-state index in [1.165, 1.54) is 0 Å². The predicted octanol–water partition coefficient (Wildman–Crippen LogP) is -3.41. The Labute approximate surface area is 846 Å². The van der Waals surface area contributed by atoms with Crippen molar-refractivity contribution in [1.82, 2.24) is 90.5 Å². The molecule has 0 unspecified atom stereocenters. The molecule has 47 nitrogen and oxygen atoms in total. The highest BCUT2D eigenvalue weighted by Crippen LogP contribution is 2.19. The Morgan fingerprint density at radius 1 is 0.203 bits per heavy atom. The van der Waals surface area contributed by atoms with Crippen molar-refractivity contribution in [2.24, 2.45) is 98.7 Å². The lowest BCUT2D eigenvalue weighted by atomic mass is 9.98. The fourth-order valence-corrected chi connectivity index (χ4v) is 15.6. The molecule has 0 aliphatic heterocycles. The number of hydrogen-bond donors (Lipinski definition) is 28. The van der Waals surface area contributed by atoms with Gasteiger partial charge in [-0.3, -0.25) is 96.5 Å². The van der Waals surface area contributed by atoms with E-state index < -0.39 is 229 Å². The predicted molar refractivity (Wildman–Crippen MR) is 546 cm³/mol. The first kappa shape index (κ1) is 133. The molecule has 0 rings (SSSR count). The zero-order valence-corrected chi connectivity index (χ0v) is 87.3. The summed E-state index contributed by atoms with van der Waals surface area (Å²) in [5, 5.41) is 43.5. The van der Waals surface area contributed by atoms with Crippen molar-refractivity contribution in [2.45, 2.75) is 398 Å². The fraction of sp³-hybridized carbons (Fsp3) is 0.802. The molecule has 0 radical (unpaired) electrons. The Balaban J connectivity index is 7.54. The number of carbonyl (C=O) groups is 19. The average Bonchev–Trinajstić information content (AvgIpc) is 0.844. The minimum atomic E-state index is -1.72. The van der Waals surface area contributed by atoms with Crippen LogP contribution < -0.4 is 154 Å². The van der Waals surface area contributed by atoms with Crippen LogP contribution in [0.25, 0.3) is 0 Å². The highest BCUT2D eigenvalue weighted by atomic mass is 16.2. The Morgan fingerprint density at radius 2 is 0.399 bits per heavy atom. The van der Waals surface area contributed by atoms with Gasteiger partial charge in [-0.2, -0.15) is 0 Å². The van der Waals surface area contributed by atoms with Crippen molar-refractivity contribution in [2.75, 3.05) is 58.9 Å². The minimum absolute atomic E-state index is 0.000812. The van der Waals surface area contributed by atoms with E-state index in [9.17, 15) is 91.1 Å².